The molecule has 1 aromatic carbocycles. The van der Waals surface area contributed by atoms with Gasteiger partial charge < -0.3 is 9.15 Å². The van der Waals surface area contributed by atoms with E-state index in [1.54, 1.807) is 29.2 Å². The molecule has 0 aliphatic rings. The van der Waals surface area contributed by atoms with Crippen molar-refractivity contribution < 1.29 is 9.15 Å². The number of hydrogen-bond acceptors (Lipinski definition) is 3. The van der Waals surface area contributed by atoms with E-state index >= 15 is 0 Å². The quantitative estimate of drug-likeness (QED) is 0.734. The Hall–Kier alpha value is -2.01. The molecule has 2 aromatic heterocycles. The fourth-order valence-electron chi connectivity index (χ4n) is 1.55. The standard InChI is InChI=1S/C13H9BrN2O2/c14-12-6-7-13(18-12)17-11-8-15-16(9-11)10-4-2-1-3-5-10/h1-9H. The zero-order valence-corrected chi connectivity index (χ0v) is 10.9. The highest BCUT2D eigenvalue weighted by Crippen LogP contribution is 2.26. The molecule has 0 amide bonds. The molecule has 0 aliphatic heterocycles. The molecule has 0 N–H and O–H groups in total. The molecule has 0 radical (unpaired) electrons. The minimum Gasteiger partial charge on any atom is -0.423 e. The van der Waals surface area contributed by atoms with Crippen LogP contribution in [0.15, 0.2) is 63.9 Å². The first-order valence-corrected chi connectivity index (χ1v) is 6.14. The molecule has 3 rings (SSSR count). The molecule has 18 heavy (non-hydrogen) atoms. The van der Waals surface area contributed by atoms with Crippen LogP contribution in [-0.2, 0) is 0 Å². The van der Waals surface area contributed by atoms with E-state index in [0.29, 0.717) is 16.4 Å². The summed E-state index contributed by atoms with van der Waals surface area (Å²) in [6.45, 7) is 0. The minimum absolute atomic E-state index is 0.425. The summed E-state index contributed by atoms with van der Waals surface area (Å²) in [6.07, 6.45) is 3.44. The topological polar surface area (TPSA) is 40.2 Å². The van der Waals surface area contributed by atoms with Crippen molar-refractivity contribution in [3.05, 3.63) is 59.5 Å². The third-order valence-electron chi connectivity index (χ3n) is 2.35. The van der Waals surface area contributed by atoms with Crippen LogP contribution in [0.2, 0.25) is 0 Å². The molecule has 4 nitrogen and oxygen atoms in total. The Morgan fingerprint density at radius 1 is 1.11 bits per heavy atom. The van der Waals surface area contributed by atoms with Crippen molar-refractivity contribution in [3.63, 3.8) is 0 Å². The number of aromatic nitrogens is 2. The summed E-state index contributed by atoms with van der Waals surface area (Å²) in [5.41, 5.74) is 0.980. The fraction of sp³-hybridized carbons (Fsp3) is 0. The van der Waals surface area contributed by atoms with Gasteiger partial charge in [-0.25, -0.2) is 4.68 Å². The van der Waals surface area contributed by atoms with E-state index in [-0.39, 0.29) is 0 Å². The van der Waals surface area contributed by atoms with Crippen molar-refractivity contribution in [2.75, 3.05) is 0 Å². The van der Waals surface area contributed by atoms with Gasteiger partial charge in [0.2, 0.25) is 0 Å². The Kier molecular flexibility index (Phi) is 2.90. The molecule has 0 atom stereocenters. The van der Waals surface area contributed by atoms with Crippen LogP contribution in [0.5, 0.6) is 11.7 Å². The molecule has 0 fully saturated rings. The van der Waals surface area contributed by atoms with Gasteiger partial charge in [-0.15, -0.1) is 0 Å². The summed E-state index contributed by atoms with van der Waals surface area (Å²) in [5, 5.41) is 4.23. The van der Waals surface area contributed by atoms with Gasteiger partial charge in [-0.05, 0) is 34.1 Å². The van der Waals surface area contributed by atoms with Crippen LogP contribution in [0.25, 0.3) is 5.69 Å². The largest absolute Gasteiger partial charge is 0.423 e. The molecule has 0 saturated carbocycles. The average Bonchev–Trinajstić information content (AvgIpc) is 3.01. The monoisotopic (exact) mass is 304 g/mol. The Morgan fingerprint density at radius 3 is 2.67 bits per heavy atom. The molecular weight excluding hydrogens is 296 g/mol. The normalized spacial score (nSPS) is 10.5. The van der Waals surface area contributed by atoms with Crippen molar-refractivity contribution in [2.24, 2.45) is 0 Å². The maximum atomic E-state index is 5.52. The number of ether oxygens (including phenoxy) is 1. The van der Waals surface area contributed by atoms with Crippen molar-refractivity contribution in [3.8, 4) is 17.4 Å². The molecule has 0 saturated heterocycles. The van der Waals surface area contributed by atoms with E-state index in [0.717, 1.165) is 5.69 Å². The van der Waals surface area contributed by atoms with E-state index in [2.05, 4.69) is 21.0 Å². The van der Waals surface area contributed by atoms with Gasteiger partial charge in [-0.1, -0.05) is 18.2 Å². The zero-order chi connectivity index (χ0) is 12.4. The highest BCUT2D eigenvalue weighted by Gasteiger charge is 2.05. The number of para-hydroxylation sites is 1. The Balaban J connectivity index is 1.82. The molecule has 0 bridgehead atoms. The second-order valence-corrected chi connectivity index (χ2v) is 4.40. The average molecular weight is 305 g/mol. The fourth-order valence-corrected chi connectivity index (χ4v) is 1.84. The summed E-state index contributed by atoms with van der Waals surface area (Å²) in [5.74, 6) is 1.05. The number of benzene rings is 1. The van der Waals surface area contributed by atoms with Gasteiger partial charge in [0.25, 0.3) is 5.95 Å². The smallest absolute Gasteiger partial charge is 0.291 e. The first kappa shape index (κ1) is 11.1. The zero-order valence-electron chi connectivity index (χ0n) is 9.29. The number of nitrogens with zero attached hydrogens (tertiary/aromatic N) is 2. The Morgan fingerprint density at radius 2 is 1.94 bits per heavy atom. The Bertz CT molecular complexity index is 646. The van der Waals surface area contributed by atoms with E-state index in [4.69, 9.17) is 9.15 Å². The number of hydrogen-bond donors (Lipinski definition) is 0. The first-order chi connectivity index (χ1) is 8.81. The summed E-state index contributed by atoms with van der Waals surface area (Å²) in [6, 6.07) is 13.3. The number of rotatable bonds is 3. The lowest BCUT2D eigenvalue weighted by Gasteiger charge is -1.99. The van der Waals surface area contributed by atoms with Gasteiger partial charge in [-0.3, -0.25) is 0 Å². The van der Waals surface area contributed by atoms with Gasteiger partial charge >= 0.3 is 0 Å². The van der Waals surface area contributed by atoms with E-state index < -0.39 is 0 Å². The summed E-state index contributed by atoms with van der Waals surface area (Å²) < 4.78 is 13.2. The third-order valence-corrected chi connectivity index (χ3v) is 2.77. The highest BCUT2D eigenvalue weighted by atomic mass is 79.9. The second kappa shape index (κ2) is 4.70. The molecule has 90 valence electrons. The Labute approximate surface area is 112 Å². The van der Waals surface area contributed by atoms with E-state index in [1.807, 2.05) is 30.3 Å². The van der Waals surface area contributed by atoms with Gasteiger partial charge in [0.1, 0.15) is 0 Å². The lowest BCUT2D eigenvalue weighted by Crippen LogP contribution is -1.92. The molecule has 3 aromatic rings. The predicted molar refractivity (Wildman–Crippen MR) is 70.0 cm³/mol. The molecule has 2 heterocycles. The van der Waals surface area contributed by atoms with Gasteiger partial charge in [0, 0.05) is 6.07 Å². The van der Waals surface area contributed by atoms with Crippen LogP contribution < -0.4 is 4.74 Å². The summed E-state index contributed by atoms with van der Waals surface area (Å²) >= 11 is 3.22. The van der Waals surface area contributed by atoms with Gasteiger partial charge in [-0.2, -0.15) is 5.10 Å². The van der Waals surface area contributed by atoms with Crippen LogP contribution in [-0.4, -0.2) is 9.78 Å². The minimum atomic E-state index is 0.425. The SMILES string of the molecule is Brc1ccc(Oc2cnn(-c3ccccc3)c2)o1. The number of halogens is 1. The molecular formula is C13H9BrN2O2. The van der Waals surface area contributed by atoms with Crippen LogP contribution in [0.4, 0.5) is 0 Å². The second-order valence-electron chi connectivity index (χ2n) is 3.62. The first-order valence-electron chi connectivity index (χ1n) is 5.34. The molecule has 0 aliphatic carbocycles. The lowest BCUT2D eigenvalue weighted by atomic mass is 10.3. The number of furan rings is 1. The van der Waals surface area contributed by atoms with Crippen LogP contribution >= 0.6 is 15.9 Å². The van der Waals surface area contributed by atoms with E-state index in [9.17, 15) is 0 Å². The third kappa shape index (κ3) is 2.31. The van der Waals surface area contributed by atoms with Crippen molar-refractivity contribution in [1.29, 1.82) is 0 Å². The maximum Gasteiger partial charge on any atom is 0.291 e. The van der Waals surface area contributed by atoms with Crippen molar-refractivity contribution in [1.82, 2.24) is 9.78 Å². The van der Waals surface area contributed by atoms with Crippen molar-refractivity contribution >= 4 is 15.9 Å². The van der Waals surface area contributed by atoms with Gasteiger partial charge in [0.15, 0.2) is 10.4 Å². The summed E-state index contributed by atoms with van der Waals surface area (Å²) in [7, 11) is 0. The molecule has 0 spiro atoms. The van der Waals surface area contributed by atoms with Gasteiger partial charge in [0.05, 0.1) is 18.1 Å². The predicted octanol–water partition coefficient (Wildman–Crippen LogP) is 4.02. The molecule has 5 heteroatoms. The van der Waals surface area contributed by atoms with Crippen molar-refractivity contribution in [2.45, 2.75) is 0 Å². The lowest BCUT2D eigenvalue weighted by molar-refractivity contribution is 0.338. The highest BCUT2D eigenvalue weighted by molar-refractivity contribution is 9.10. The van der Waals surface area contributed by atoms with Crippen LogP contribution in [0.3, 0.4) is 0 Å². The maximum absolute atomic E-state index is 5.52. The van der Waals surface area contributed by atoms with E-state index in [1.165, 1.54) is 0 Å². The van der Waals surface area contributed by atoms with Crippen LogP contribution in [0, 0.1) is 0 Å². The summed E-state index contributed by atoms with van der Waals surface area (Å²) in [4.78, 5) is 0. The van der Waals surface area contributed by atoms with Crippen LogP contribution in [0.1, 0.15) is 0 Å². The molecule has 0 unspecified atom stereocenters.